The predicted octanol–water partition coefficient (Wildman–Crippen LogP) is 6.75. The van der Waals surface area contributed by atoms with Gasteiger partial charge in [-0.15, -0.1) is 0 Å². The lowest BCUT2D eigenvalue weighted by atomic mass is 10.0. The van der Waals surface area contributed by atoms with Gasteiger partial charge in [0.25, 0.3) is 0 Å². The molecule has 0 saturated carbocycles. The molecule has 4 aromatic rings. The second-order valence-electron chi connectivity index (χ2n) is 6.95. The van der Waals surface area contributed by atoms with E-state index >= 15 is 0 Å². The molecule has 0 amide bonds. The van der Waals surface area contributed by atoms with Crippen LogP contribution < -0.4 is 4.74 Å². The second-order valence-corrected chi connectivity index (χ2v) is 6.95. The van der Waals surface area contributed by atoms with Gasteiger partial charge in [-0.3, -0.25) is 0 Å². The summed E-state index contributed by atoms with van der Waals surface area (Å²) >= 11 is 0. The van der Waals surface area contributed by atoms with Crippen LogP contribution in [0.1, 0.15) is 16.7 Å². The third kappa shape index (κ3) is 4.24. The molecular formula is C26H22O2. The minimum atomic E-state index is 0.222. The van der Waals surface area contributed by atoms with Gasteiger partial charge in [-0.25, -0.2) is 0 Å². The van der Waals surface area contributed by atoms with Gasteiger partial charge in [0.2, 0.25) is 0 Å². The average molecular weight is 366 g/mol. The van der Waals surface area contributed by atoms with E-state index in [1.807, 2.05) is 42.5 Å². The summed E-state index contributed by atoms with van der Waals surface area (Å²) in [5.41, 5.74) is 5.68. The number of hydrogen-bond acceptors (Lipinski definition) is 2. The van der Waals surface area contributed by atoms with Crippen LogP contribution in [-0.2, 0) is 6.42 Å². The minimum Gasteiger partial charge on any atom is -0.508 e. The molecule has 0 heterocycles. The van der Waals surface area contributed by atoms with Crippen molar-refractivity contribution in [3.8, 4) is 28.4 Å². The van der Waals surface area contributed by atoms with E-state index in [9.17, 15) is 5.11 Å². The third-order valence-corrected chi connectivity index (χ3v) is 4.73. The highest BCUT2D eigenvalue weighted by atomic mass is 16.5. The Hall–Kier alpha value is -3.52. The average Bonchev–Trinajstić information content (AvgIpc) is 2.73. The van der Waals surface area contributed by atoms with Crippen molar-refractivity contribution in [3.63, 3.8) is 0 Å². The number of hydrogen-bond donors (Lipinski definition) is 1. The first-order chi connectivity index (χ1) is 13.7. The minimum absolute atomic E-state index is 0.222. The van der Waals surface area contributed by atoms with E-state index in [0.717, 1.165) is 29.0 Å². The molecule has 0 aliphatic rings. The van der Waals surface area contributed by atoms with E-state index in [-0.39, 0.29) is 5.75 Å². The normalized spacial score (nSPS) is 10.6. The van der Waals surface area contributed by atoms with Gasteiger partial charge in [-0.05, 0) is 60.4 Å². The summed E-state index contributed by atoms with van der Waals surface area (Å²) in [4.78, 5) is 0. The van der Waals surface area contributed by atoms with E-state index in [4.69, 9.17) is 4.74 Å². The molecule has 138 valence electrons. The molecule has 2 nitrogen and oxygen atoms in total. The molecule has 0 aliphatic heterocycles. The Labute approximate surface area is 165 Å². The van der Waals surface area contributed by atoms with Crippen LogP contribution in [0.5, 0.6) is 17.2 Å². The zero-order valence-electron chi connectivity index (χ0n) is 15.8. The van der Waals surface area contributed by atoms with E-state index in [0.29, 0.717) is 0 Å². The maximum atomic E-state index is 9.90. The van der Waals surface area contributed by atoms with E-state index in [2.05, 4.69) is 43.3 Å². The molecule has 0 atom stereocenters. The molecule has 4 aromatic carbocycles. The van der Waals surface area contributed by atoms with Gasteiger partial charge >= 0.3 is 0 Å². The molecule has 0 bridgehead atoms. The number of phenolic OH excluding ortho intramolecular Hbond substituents is 1. The highest BCUT2D eigenvalue weighted by Gasteiger charge is 2.09. The van der Waals surface area contributed by atoms with Gasteiger partial charge < -0.3 is 9.84 Å². The molecule has 0 saturated heterocycles. The van der Waals surface area contributed by atoms with Crippen molar-refractivity contribution in [2.75, 3.05) is 0 Å². The summed E-state index contributed by atoms with van der Waals surface area (Å²) in [5.74, 6) is 1.71. The van der Waals surface area contributed by atoms with Crippen molar-refractivity contribution < 1.29 is 9.84 Å². The quantitative estimate of drug-likeness (QED) is 0.423. The number of aromatic hydroxyl groups is 1. The maximum Gasteiger partial charge on any atom is 0.135 e. The number of benzene rings is 4. The fourth-order valence-electron chi connectivity index (χ4n) is 3.19. The SMILES string of the molecule is Cc1ccc(Cc2ccc(Oc3ccc(O)cc3-c3ccccc3)cc2)cc1. The van der Waals surface area contributed by atoms with Gasteiger partial charge in [-0.2, -0.15) is 0 Å². The molecule has 0 aliphatic carbocycles. The highest BCUT2D eigenvalue weighted by Crippen LogP contribution is 2.36. The summed E-state index contributed by atoms with van der Waals surface area (Å²) in [6.07, 6.45) is 0.898. The Morgan fingerprint density at radius 1 is 0.714 bits per heavy atom. The maximum absolute atomic E-state index is 9.90. The summed E-state index contributed by atoms with van der Waals surface area (Å²) in [6, 6.07) is 31.9. The second kappa shape index (κ2) is 8.01. The van der Waals surface area contributed by atoms with Crippen molar-refractivity contribution in [3.05, 3.63) is 114 Å². The monoisotopic (exact) mass is 366 g/mol. The molecule has 28 heavy (non-hydrogen) atoms. The topological polar surface area (TPSA) is 29.5 Å². The smallest absolute Gasteiger partial charge is 0.135 e. The van der Waals surface area contributed by atoms with Crippen LogP contribution in [0.3, 0.4) is 0 Å². The lowest BCUT2D eigenvalue weighted by molar-refractivity contribution is 0.465. The molecule has 4 rings (SSSR count). The summed E-state index contributed by atoms with van der Waals surface area (Å²) in [5, 5.41) is 9.90. The van der Waals surface area contributed by atoms with Crippen LogP contribution >= 0.6 is 0 Å². The van der Waals surface area contributed by atoms with E-state index in [1.54, 1.807) is 18.2 Å². The zero-order valence-corrected chi connectivity index (χ0v) is 15.8. The molecular weight excluding hydrogens is 344 g/mol. The summed E-state index contributed by atoms with van der Waals surface area (Å²) in [7, 11) is 0. The standard InChI is InChI=1S/C26H22O2/c1-19-7-9-20(10-8-19)17-21-11-14-24(15-12-21)28-26-16-13-23(27)18-25(26)22-5-3-2-4-6-22/h2-16,18,27H,17H2,1H3. The molecule has 0 spiro atoms. The van der Waals surface area contributed by atoms with Gasteiger partial charge in [0.15, 0.2) is 0 Å². The number of aryl methyl sites for hydroxylation is 1. The van der Waals surface area contributed by atoms with Gasteiger partial charge in [0.1, 0.15) is 17.2 Å². The van der Waals surface area contributed by atoms with Crippen LogP contribution in [0.25, 0.3) is 11.1 Å². The van der Waals surface area contributed by atoms with Crippen molar-refractivity contribution in [2.24, 2.45) is 0 Å². The molecule has 1 N–H and O–H groups in total. The summed E-state index contributed by atoms with van der Waals surface area (Å²) in [6.45, 7) is 2.10. The Bertz CT molecular complexity index is 1050. The van der Waals surface area contributed by atoms with Crippen molar-refractivity contribution in [1.82, 2.24) is 0 Å². The van der Waals surface area contributed by atoms with Crippen LogP contribution in [0.4, 0.5) is 0 Å². The van der Waals surface area contributed by atoms with Crippen LogP contribution in [0.15, 0.2) is 97.1 Å². The van der Waals surface area contributed by atoms with Crippen LogP contribution in [0, 0.1) is 6.92 Å². The Kier molecular flexibility index (Phi) is 5.11. The van der Waals surface area contributed by atoms with E-state index in [1.165, 1.54) is 16.7 Å². The van der Waals surface area contributed by atoms with Gasteiger partial charge in [-0.1, -0.05) is 72.3 Å². The van der Waals surface area contributed by atoms with Crippen molar-refractivity contribution in [1.29, 1.82) is 0 Å². The molecule has 0 aromatic heterocycles. The number of ether oxygens (including phenoxy) is 1. The molecule has 2 heteroatoms. The van der Waals surface area contributed by atoms with Crippen molar-refractivity contribution in [2.45, 2.75) is 13.3 Å². The van der Waals surface area contributed by atoms with Crippen LogP contribution in [0.2, 0.25) is 0 Å². The Morgan fingerprint density at radius 2 is 1.36 bits per heavy atom. The summed E-state index contributed by atoms with van der Waals surface area (Å²) < 4.78 is 6.13. The lowest BCUT2D eigenvalue weighted by Gasteiger charge is -2.12. The van der Waals surface area contributed by atoms with Crippen molar-refractivity contribution >= 4 is 0 Å². The number of rotatable bonds is 5. The Balaban J connectivity index is 1.54. The predicted molar refractivity (Wildman–Crippen MR) is 114 cm³/mol. The first-order valence-corrected chi connectivity index (χ1v) is 9.38. The molecule has 0 fully saturated rings. The fraction of sp³-hybridized carbons (Fsp3) is 0.0769. The first kappa shape index (κ1) is 17.9. The highest BCUT2D eigenvalue weighted by molar-refractivity contribution is 5.72. The van der Waals surface area contributed by atoms with Gasteiger partial charge in [0.05, 0.1) is 0 Å². The fourth-order valence-corrected chi connectivity index (χ4v) is 3.19. The first-order valence-electron chi connectivity index (χ1n) is 9.38. The Morgan fingerprint density at radius 3 is 2.04 bits per heavy atom. The zero-order chi connectivity index (χ0) is 19.3. The number of phenols is 1. The largest absolute Gasteiger partial charge is 0.508 e. The van der Waals surface area contributed by atoms with E-state index < -0.39 is 0 Å². The third-order valence-electron chi connectivity index (χ3n) is 4.73. The molecule has 0 radical (unpaired) electrons. The molecule has 0 unspecified atom stereocenters. The van der Waals surface area contributed by atoms with Gasteiger partial charge in [0, 0.05) is 5.56 Å². The lowest BCUT2D eigenvalue weighted by Crippen LogP contribution is -1.91. The van der Waals surface area contributed by atoms with Crippen LogP contribution in [-0.4, -0.2) is 5.11 Å².